The summed E-state index contributed by atoms with van der Waals surface area (Å²) in [6.45, 7) is 1.71. The molecule has 1 aromatic carbocycles. The molecule has 0 bridgehead atoms. The topological polar surface area (TPSA) is 66.8 Å². The first-order valence-electron chi connectivity index (χ1n) is 6.88. The van der Waals surface area contributed by atoms with Crippen LogP contribution in [0.3, 0.4) is 0 Å². The number of hydrogen-bond donors (Lipinski definition) is 1. The van der Waals surface area contributed by atoms with Crippen LogP contribution < -0.4 is 4.74 Å². The molecule has 1 atom stereocenters. The maximum absolute atomic E-state index is 12.2. The zero-order chi connectivity index (χ0) is 15.4. The number of halogens is 1. The maximum Gasteiger partial charge on any atom is 0.308 e. The number of hydrogen-bond acceptors (Lipinski definition) is 3. The molecule has 1 saturated carbocycles. The van der Waals surface area contributed by atoms with Gasteiger partial charge in [0.25, 0.3) is 5.91 Å². The molecule has 0 spiro atoms. The van der Waals surface area contributed by atoms with Crippen molar-refractivity contribution in [1.29, 1.82) is 0 Å². The summed E-state index contributed by atoms with van der Waals surface area (Å²) in [7, 11) is 0. The summed E-state index contributed by atoms with van der Waals surface area (Å²) < 4.78 is 5.43. The van der Waals surface area contributed by atoms with Gasteiger partial charge in [-0.15, -0.1) is 0 Å². The zero-order valence-corrected chi connectivity index (χ0v) is 12.5. The molecule has 1 aliphatic carbocycles. The van der Waals surface area contributed by atoms with E-state index in [0.717, 1.165) is 12.8 Å². The van der Waals surface area contributed by atoms with E-state index in [0.29, 0.717) is 10.8 Å². The van der Waals surface area contributed by atoms with Gasteiger partial charge in [0.15, 0.2) is 6.61 Å². The molecule has 1 aliphatic rings. The Bertz CT molecular complexity index is 530. The lowest BCUT2D eigenvalue weighted by Crippen LogP contribution is -2.41. The fourth-order valence-electron chi connectivity index (χ4n) is 2.00. The second kappa shape index (κ2) is 6.80. The third kappa shape index (κ3) is 4.63. The standard InChI is InChI=1S/C15H18ClNO4/c1-10(15(19)20)8-17(12-5-6-12)14(18)9-21-13-4-2-3-11(16)7-13/h2-4,7,10,12H,5-6,8-9H2,1H3,(H,19,20). The van der Waals surface area contributed by atoms with Crippen LogP contribution in [0.15, 0.2) is 24.3 Å². The monoisotopic (exact) mass is 311 g/mol. The number of aliphatic carboxylic acids is 1. The first-order chi connectivity index (χ1) is 9.97. The van der Waals surface area contributed by atoms with Crippen molar-refractivity contribution in [2.75, 3.05) is 13.2 Å². The molecule has 1 amide bonds. The van der Waals surface area contributed by atoms with E-state index in [1.54, 1.807) is 36.1 Å². The Morgan fingerprint density at radius 1 is 1.48 bits per heavy atom. The van der Waals surface area contributed by atoms with Gasteiger partial charge >= 0.3 is 5.97 Å². The van der Waals surface area contributed by atoms with Crippen molar-refractivity contribution in [2.45, 2.75) is 25.8 Å². The summed E-state index contributed by atoms with van der Waals surface area (Å²) in [6, 6.07) is 6.98. The quantitative estimate of drug-likeness (QED) is 0.840. The number of ether oxygens (including phenoxy) is 1. The van der Waals surface area contributed by atoms with Crippen LogP contribution in [0.4, 0.5) is 0 Å². The Morgan fingerprint density at radius 3 is 2.76 bits per heavy atom. The van der Waals surface area contributed by atoms with Gasteiger partial charge in [-0.1, -0.05) is 24.6 Å². The Labute approximate surface area is 128 Å². The fraction of sp³-hybridized carbons (Fsp3) is 0.467. The fourth-order valence-corrected chi connectivity index (χ4v) is 2.18. The largest absolute Gasteiger partial charge is 0.484 e. The molecule has 1 fully saturated rings. The molecule has 0 aromatic heterocycles. The zero-order valence-electron chi connectivity index (χ0n) is 11.8. The van der Waals surface area contributed by atoms with Gasteiger partial charge < -0.3 is 14.7 Å². The second-order valence-electron chi connectivity index (χ2n) is 5.26. The summed E-state index contributed by atoms with van der Waals surface area (Å²) in [5, 5.41) is 9.51. The Kier molecular flexibility index (Phi) is 5.07. The van der Waals surface area contributed by atoms with Crippen LogP contribution >= 0.6 is 11.6 Å². The van der Waals surface area contributed by atoms with E-state index in [-0.39, 0.29) is 25.1 Å². The van der Waals surface area contributed by atoms with Crippen LogP contribution in [0.5, 0.6) is 5.75 Å². The summed E-state index contributed by atoms with van der Waals surface area (Å²) in [4.78, 5) is 24.8. The van der Waals surface area contributed by atoms with Crippen molar-refractivity contribution < 1.29 is 19.4 Å². The Morgan fingerprint density at radius 2 is 2.19 bits per heavy atom. The number of benzene rings is 1. The molecule has 0 radical (unpaired) electrons. The highest BCUT2D eigenvalue weighted by Gasteiger charge is 2.34. The summed E-state index contributed by atoms with van der Waals surface area (Å²) in [6.07, 6.45) is 1.85. The highest BCUT2D eigenvalue weighted by molar-refractivity contribution is 6.30. The maximum atomic E-state index is 12.2. The van der Waals surface area contributed by atoms with E-state index >= 15 is 0 Å². The van der Waals surface area contributed by atoms with Crippen molar-refractivity contribution in [1.82, 2.24) is 4.90 Å². The van der Waals surface area contributed by atoms with Crippen LogP contribution in [0.25, 0.3) is 0 Å². The molecular weight excluding hydrogens is 294 g/mol. The van der Waals surface area contributed by atoms with Gasteiger partial charge in [0.05, 0.1) is 5.92 Å². The average Bonchev–Trinajstić information content (AvgIpc) is 3.26. The second-order valence-corrected chi connectivity index (χ2v) is 5.70. The van der Waals surface area contributed by atoms with Crippen molar-refractivity contribution in [3.63, 3.8) is 0 Å². The molecule has 6 heteroatoms. The smallest absolute Gasteiger partial charge is 0.308 e. The highest BCUT2D eigenvalue weighted by Crippen LogP contribution is 2.28. The number of carboxylic acids is 1. The molecule has 1 aromatic rings. The molecule has 0 aliphatic heterocycles. The molecule has 1 unspecified atom stereocenters. The van der Waals surface area contributed by atoms with E-state index in [1.807, 2.05) is 0 Å². The van der Waals surface area contributed by atoms with E-state index in [2.05, 4.69) is 0 Å². The molecular formula is C15H18ClNO4. The van der Waals surface area contributed by atoms with Gasteiger partial charge in [0.1, 0.15) is 5.75 Å². The summed E-state index contributed by atoms with van der Waals surface area (Å²) in [5.74, 6) is -1.15. The first kappa shape index (κ1) is 15.6. The molecule has 0 heterocycles. The number of carboxylic acid groups (broad SMARTS) is 1. The van der Waals surface area contributed by atoms with Gasteiger partial charge in [0.2, 0.25) is 0 Å². The highest BCUT2D eigenvalue weighted by atomic mass is 35.5. The van der Waals surface area contributed by atoms with Gasteiger partial charge in [-0.25, -0.2) is 0 Å². The lowest BCUT2D eigenvalue weighted by atomic mass is 10.1. The third-order valence-electron chi connectivity index (χ3n) is 3.36. The van der Waals surface area contributed by atoms with Crippen LogP contribution in [0.1, 0.15) is 19.8 Å². The van der Waals surface area contributed by atoms with Crippen molar-refractivity contribution in [3.8, 4) is 5.75 Å². The average molecular weight is 312 g/mol. The number of amides is 1. The van der Waals surface area contributed by atoms with E-state index < -0.39 is 11.9 Å². The number of carbonyl (C=O) groups excluding carboxylic acids is 1. The minimum Gasteiger partial charge on any atom is -0.484 e. The number of carbonyl (C=O) groups is 2. The van der Waals surface area contributed by atoms with E-state index in [9.17, 15) is 9.59 Å². The lowest BCUT2D eigenvalue weighted by molar-refractivity contribution is -0.143. The number of rotatable bonds is 7. The Hall–Kier alpha value is -1.75. The first-order valence-corrected chi connectivity index (χ1v) is 7.26. The molecule has 114 valence electrons. The third-order valence-corrected chi connectivity index (χ3v) is 3.59. The van der Waals surface area contributed by atoms with Crippen LogP contribution in [0, 0.1) is 5.92 Å². The van der Waals surface area contributed by atoms with Gasteiger partial charge in [-0.3, -0.25) is 9.59 Å². The van der Waals surface area contributed by atoms with Gasteiger partial charge in [0, 0.05) is 17.6 Å². The lowest BCUT2D eigenvalue weighted by Gasteiger charge is -2.24. The summed E-state index contributed by atoms with van der Waals surface area (Å²) in [5.41, 5.74) is 0. The predicted molar refractivity (Wildman–Crippen MR) is 78.5 cm³/mol. The molecule has 2 rings (SSSR count). The van der Waals surface area contributed by atoms with Crippen molar-refractivity contribution in [3.05, 3.63) is 29.3 Å². The van der Waals surface area contributed by atoms with Gasteiger partial charge in [-0.2, -0.15) is 0 Å². The van der Waals surface area contributed by atoms with E-state index in [1.165, 1.54) is 0 Å². The van der Waals surface area contributed by atoms with Gasteiger partial charge in [-0.05, 0) is 31.0 Å². The number of nitrogens with zero attached hydrogens (tertiary/aromatic N) is 1. The van der Waals surface area contributed by atoms with Crippen LogP contribution in [0.2, 0.25) is 5.02 Å². The summed E-state index contributed by atoms with van der Waals surface area (Å²) >= 11 is 5.85. The van der Waals surface area contributed by atoms with Crippen LogP contribution in [-0.4, -0.2) is 41.1 Å². The predicted octanol–water partition coefficient (Wildman–Crippen LogP) is 2.43. The minimum absolute atomic E-state index is 0.108. The minimum atomic E-state index is -0.899. The molecule has 5 nitrogen and oxygen atoms in total. The van der Waals surface area contributed by atoms with Crippen molar-refractivity contribution in [2.24, 2.45) is 5.92 Å². The van der Waals surface area contributed by atoms with Crippen molar-refractivity contribution >= 4 is 23.5 Å². The molecule has 1 N–H and O–H groups in total. The Balaban J connectivity index is 1.91. The van der Waals surface area contributed by atoms with E-state index in [4.69, 9.17) is 21.4 Å². The SMILES string of the molecule is CC(CN(C(=O)COc1cccc(Cl)c1)C1CC1)C(=O)O. The normalized spacial score (nSPS) is 15.3. The van der Waals surface area contributed by atoms with Crippen LogP contribution in [-0.2, 0) is 9.59 Å². The molecule has 21 heavy (non-hydrogen) atoms. The molecule has 0 saturated heterocycles.